The molecule has 0 fully saturated rings. The third-order valence-electron chi connectivity index (χ3n) is 2.74. The molecule has 0 radical (unpaired) electrons. The largest absolute Gasteiger partial charge is 0.288 e. The van der Waals surface area contributed by atoms with Gasteiger partial charge in [0.1, 0.15) is 0 Å². The third-order valence-corrected chi connectivity index (χ3v) is 3.71. The standard InChI is InChI=1S/C14H8FNOS/c15-12-7-16-6-5-10(12)14(17)11-8-18-13-4-2-1-3-9(11)13/h1-8H. The lowest BCUT2D eigenvalue weighted by molar-refractivity contribution is 0.103. The molecule has 18 heavy (non-hydrogen) atoms. The Morgan fingerprint density at radius 1 is 1.17 bits per heavy atom. The highest BCUT2D eigenvalue weighted by Gasteiger charge is 2.17. The fourth-order valence-corrected chi connectivity index (χ4v) is 2.80. The first-order valence-corrected chi connectivity index (χ1v) is 6.26. The van der Waals surface area contributed by atoms with Crippen LogP contribution in [0.15, 0.2) is 48.1 Å². The molecule has 0 spiro atoms. The molecular formula is C14H8FNOS. The summed E-state index contributed by atoms with van der Waals surface area (Å²) in [6, 6.07) is 9.01. The van der Waals surface area contributed by atoms with Crippen molar-refractivity contribution in [3.63, 3.8) is 0 Å². The first kappa shape index (κ1) is 11.0. The van der Waals surface area contributed by atoms with E-state index in [4.69, 9.17) is 0 Å². The Hall–Kier alpha value is -2.07. The van der Waals surface area contributed by atoms with Crippen LogP contribution in [-0.2, 0) is 0 Å². The SMILES string of the molecule is O=C(c1ccncc1F)c1csc2ccccc12. The van der Waals surface area contributed by atoms with Crippen molar-refractivity contribution in [1.29, 1.82) is 0 Å². The second kappa shape index (κ2) is 4.31. The molecule has 3 rings (SSSR count). The quantitative estimate of drug-likeness (QED) is 0.656. The van der Waals surface area contributed by atoms with Crippen LogP contribution in [-0.4, -0.2) is 10.8 Å². The molecule has 0 aliphatic rings. The predicted octanol–water partition coefficient (Wildman–Crippen LogP) is 3.67. The number of aromatic nitrogens is 1. The van der Waals surface area contributed by atoms with Gasteiger partial charge in [0.15, 0.2) is 11.6 Å². The first-order valence-electron chi connectivity index (χ1n) is 5.38. The summed E-state index contributed by atoms with van der Waals surface area (Å²) in [5.74, 6) is -0.884. The second-order valence-electron chi connectivity index (χ2n) is 3.83. The molecule has 0 saturated carbocycles. The number of hydrogen-bond acceptors (Lipinski definition) is 3. The Kier molecular flexibility index (Phi) is 2.64. The summed E-state index contributed by atoms with van der Waals surface area (Å²) < 4.78 is 14.6. The molecule has 2 heterocycles. The Bertz CT molecular complexity index is 735. The number of hydrogen-bond donors (Lipinski definition) is 0. The molecule has 0 aliphatic carbocycles. The van der Waals surface area contributed by atoms with Crippen molar-refractivity contribution < 1.29 is 9.18 Å². The van der Waals surface area contributed by atoms with Crippen LogP contribution in [0.2, 0.25) is 0 Å². The van der Waals surface area contributed by atoms with Crippen LogP contribution in [0.5, 0.6) is 0 Å². The molecule has 0 unspecified atom stereocenters. The maximum atomic E-state index is 13.6. The summed E-state index contributed by atoms with van der Waals surface area (Å²) in [4.78, 5) is 15.9. The van der Waals surface area contributed by atoms with E-state index in [0.717, 1.165) is 16.3 Å². The number of carbonyl (C=O) groups is 1. The van der Waals surface area contributed by atoms with Crippen molar-refractivity contribution >= 4 is 27.2 Å². The van der Waals surface area contributed by atoms with E-state index in [2.05, 4.69) is 4.98 Å². The van der Waals surface area contributed by atoms with Crippen molar-refractivity contribution in [3.05, 3.63) is 65.0 Å². The average molecular weight is 257 g/mol. The minimum Gasteiger partial charge on any atom is -0.288 e. The summed E-state index contributed by atoms with van der Waals surface area (Å²) in [6.07, 6.45) is 2.48. The van der Waals surface area contributed by atoms with Gasteiger partial charge in [-0.2, -0.15) is 0 Å². The van der Waals surface area contributed by atoms with Gasteiger partial charge in [-0.3, -0.25) is 9.78 Å². The Balaban J connectivity index is 2.16. The number of rotatable bonds is 2. The average Bonchev–Trinajstić information content (AvgIpc) is 2.82. The molecule has 0 amide bonds. The van der Waals surface area contributed by atoms with Crippen LogP contribution in [0.4, 0.5) is 4.39 Å². The van der Waals surface area contributed by atoms with E-state index in [1.807, 2.05) is 24.3 Å². The van der Waals surface area contributed by atoms with E-state index < -0.39 is 5.82 Å². The van der Waals surface area contributed by atoms with Gasteiger partial charge in [-0.15, -0.1) is 11.3 Å². The number of pyridine rings is 1. The second-order valence-corrected chi connectivity index (χ2v) is 4.74. The number of benzene rings is 1. The molecule has 0 N–H and O–H groups in total. The topological polar surface area (TPSA) is 30.0 Å². The van der Waals surface area contributed by atoms with E-state index >= 15 is 0 Å². The van der Waals surface area contributed by atoms with Crippen molar-refractivity contribution in [2.45, 2.75) is 0 Å². The van der Waals surface area contributed by atoms with Gasteiger partial charge >= 0.3 is 0 Å². The van der Waals surface area contributed by atoms with Gasteiger partial charge in [0.05, 0.1) is 11.8 Å². The molecule has 88 valence electrons. The van der Waals surface area contributed by atoms with E-state index in [0.29, 0.717) is 5.56 Å². The van der Waals surface area contributed by atoms with Gasteiger partial charge in [-0.25, -0.2) is 4.39 Å². The smallest absolute Gasteiger partial charge is 0.197 e. The van der Waals surface area contributed by atoms with E-state index in [9.17, 15) is 9.18 Å². The zero-order chi connectivity index (χ0) is 12.5. The number of nitrogens with zero attached hydrogens (tertiary/aromatic N) is 1. The van der Waals surface area contributed by atoms with Gasteiger partial charge in [-0.05, 0) is 12.1 Å². The lowest BCUT2D eigenvalue weighted by atomic mass is 10.0. The van der Waals surface area contributed by atoms with Gasteiger partial charge in [0.25, 0.3) is 0 Å². The number of halogens is 1. The summed E-state index contributed by atoms with van der Waals surface area (Å²) in [5.41, 5.74) is 0.606. The molecule has 2 aromatic heterocycles. The Morgan fingerprint density at radius 2 is 2.00 bits per heavy atom. The predicted molar refractivity (Wildman–Crippen MR) is 69.5 cm³/mol. The number of fused-ring (bicyclic) bond motifs is 1. The normalized spacial score (nSPS) is 10.7. The Labute approximate surface area is 107 Å². The highest BCUT2D eigenvalue weighted by atomic mass is 32.1. The highest BCUT2D eigenvalue weighted by Crippen LogP contribution is 2.27. The number of carbonyl (C=O) groups excluding carboxylic acids is 1. The molecule has 2 nitrogen and oxygen atoms in total. The molecular weight excluding hydrogens is 249 g/mol. The van der Waals surface area contributed by atoms with Crippen LogP contribution in [0.3, 0.4) is 0 Å². The van der Waals surface area contributed by atoms with Crippen molar-refractivity contribution in [2.24, 2.45) is 0 Å². The third kappa shape index (κ3) is 1.71. The molecule has 4 heteroatoms. The van der Waals surface area contributed by atoms with Crippen LogP contribution >= 0.6 is 11.3 Å². The molecule has 0 saturated heterocycles. The summed E-state index contributed by atoms with van der Waals surface area (Å²) >= 11 is 1.48. The molecule has 0 bridgehead atoms. The minimum absolute atomic E-state index is 0.0635. The van der Waals surface area contributed by atoms with Gasteiger partial charge in [-0.1, -0.05) is 18.2 Å². The fourth-order valence-electron chi connectivity index (χ4n) is 1.86. The van der Waals surface area contributed by atoms with Crippen LogP contribution in [0.1, 0.15) is 15.9 Å². The van der Waals surface area contributed by atoms with E-state index in [1.165, 1.54) is 23.6 Å². The zero-order valence-electron chi connectivity index (χ0n) is 9.26. The minimum atomic E-state index is -0.585. The Morgan fingerprint density at radius 3 is 2.83 bits per heavy atom. The monoisotopic (exact) mass is 257 g/mol. The van der Waals surface area contributed by atoms with Gasteiger partial charge in [0, 0.05) is 27.2 Å². The van der Waals surface area contributed by atoms with Crippen LogP contribution in [0, 0.1) is 5.82 Å². The summed E-state index contributed by atoms with van der Waals surface area (Å²) in [7, 11) is 0. The zero-order valence-corrected chi connectivity index (χ0v) is 10.1. The summed E-state index contributed by atoms with van der Waals surface area (Å²) in [5, 5.41) is 2.64. The van der Waals surface area contributed by atoms with Crippen molar-refractivity contribution in [3.8, 4) is 0 Å². The maximum absolute atomic E-state index is 13.6. The van der Waals surface area contributed by atoms with Gasteiger partial charge in [0.2, 0.25) is 0 Å². The van der Waals surface area contributed by atoms with Crippen molar-refractivity contribution in [1.82, 2.24) is 4.98 Å². The van der Waals surface area contributed by atoms with Crippen LogP contribution < -0.4 is 0 Å². The first-order chi connectivity index (χ1) is 8.77. The van der Waals surface area contributed by atoms with Crippen LogP contribution in [0.25, 0.3) is 10.1 Å². The summed E-state index contributed by atoms with van der Waals surface area (Å²) in [6.45, 7) is 0. The maximum Gasteiger partial charge on any atom is 0.197 e. The molecule has 0 atom stereocenters. The van der Waals surface area contributed by atoms with Crippen molar-refractivity contribution in [2.75, 3.05) is 0 Å². The highest BCUT2D eigenvalue weighted by molar-refractivity contribution is 7.17. The molecule has 1 aromatic carbocycles. The van der Waals surface area contributed by atoms with Gasteiger partial charge < -0.3 is 0 Å². The molecule has 3 aromatic rings. The fraction of sp³-hybridized carbons (Fsp3) is 0. The lowest BCUT2D eigenvalue weighted by Gasteiger charge is -2.00. The van der Waals surface area contributed by atoms with E-state index in [-0.39, 0.29) is 11.3 Å². The lowest BCUT2D eigenvalue weighted by Crippen LogP contribution is -2.03. The molecule has 0 aliphatic heterocycles. The number of thiophene rings is 1. The van der Waals surface area contributed by atoms with E-state index in [1.54, 1.807) is 5.38 Å². The number of ketones is 1.